The highest BCUT2D eigenvalue weighted by molar-refractivity contribution is 5.91. The number of furan rings is 1. The third-order valence-corrected chi connectivity index (χ3v) is 4.57. The molecule has 1 amide bonds. The fourth-order valence-electron chi connectivity index (χ4n) is 3.10. The molecule has 1 saturated heterocycles. The molecule has 1 aliphatic heterocycles. The van der Waals surface area contributed by atoms with Gasteiger partial charge in [0.2, 0.25) is 5.95 Å². The molecule has 0 spiro atoms. The summed E-state index contributed by atoms with van der Waals surface area (Å²) in [6.07, 6.45) is 3.09. The van der Waals surface area contributed by atoms with E-state index in [9.17, 15) is 4.79 Å². The monoisotopic (exact) mass is 394 g/mol. The van der Waals surface area contributed by atoms with Crippen LogP contribution in [0, 0.1) is 0 Å². The average molecular weight is 394 g/mol. The third kappa shape index (κ3) is 4.45. The predicted molar refractivity (Wildman–Crippen MR) is 108 cm³/mol. The number of nitrogens with zero attached hydrogens (tertiary/aromatic N) is 5. The number of carbonyl (C=O) groups is 1. The molecule has 0 bridgehead atoms. The highest BCUT2D eigenvalue weighted by Crippen LogP contribution is 2.20. The van der Waals surface area contributed by atoms with Crippen LogP contribution in [0.3, 0.4) is 0 Å². The number of rotatable bonds is 6. The zero-order valence-electron chi connectivity index (χ0n) is 16.1. The Morgan fingerprint density at radius 3 is 2.66 bits per heavy atom. The fraction of sp³-hybridized carbons (Fsp3) is 0.300. The molecule has 3 heterocycles. The van der Waals surface area contributed by atoms with Crippen molar-refractivity contribution >= 4 is 23.4 Å². The zero-order valence-corrected chi connectivity index (χ0v) is 16.1. The van der Waals surface area contributed by atoms with Crippen LogP contribution in [-0.2, 0) is 0 Å². The van der Waals surface area contributed by atoms with Crippen molar-refractivity contribution in [2.24, 2.45) is 0 Å². The van der Waals surface area contributed by atoms with Crippen LogP contribution in [0.1, 0.15) is 17.5 Å². The van der Waals surface area contributed by atoms with E-state index in [1.165, 1.54) is 6.26 Å². The number of piperazine rings is 1. The van der Waals surface area contributed by atoms with E-state index < -0.39 is 0 Å². The molecule has 9 heteroatoms. The fourth-order valence-corrected chi connectivity index (χ4v) is 3.10. The molecule has 9 nitrogen and oxygen atoms in total. The maximum absolute atomic E-state index is 12.4. The Morgan fingerprint density at radius 2 is 1.97 bits per heavy atom. The molecule has 0 saturated carbocycles. The van der Waals surface area contributed by atoms with Gasteiger partial charge in [0.15, 0.2) is 11.6 Å². The van der Waals surface area contributed by atoms with Gasteiger partial charge >= 0.3 is 0 Å². The van der Waals surface area contributed by atoms with Gasteiger partial charge in [-0.25, -0.2) is 0 Å². The quantitative estimate of drug-likeness (QED) is 0.681. The summed E-state index contributed by atoms with van der Waals surface area (Å²) >= 11 is 0. The summed E-state index contributed by atoms with van der Waals surface area (Å²) in [4.78, 5) is 20.7. The van der Waals surface area contributed by atoms with Crippen molar-refractivity contribution in [1.82, 2.24) is 20.1 Å². The van der Waals surface area contributed by atoms with E-state index in [2.05, 4.69) is 20.5 Å². The van der Waals surface area contributed by atoms with Crippen LogP contribution in [0.25, 0.3) is 0 Å². The van der Waals surface area contributed by atoms with E-state index in [1.807, 2.05) is 36.1 Å². The van der Waals surface area contributed by atoms with E-state index in [0.717, 1.165) is 11.4 Å². The molecule has 2 aromatic heterocycles. The minimum absolute atomic E-state index is 0.0976. The van der Waals surface area contributed by atoms with E-state index >= 15 is 0 Å². The summed E-state index contributed by atoms with van der Waals surface area (Å²) in [5.41, 5.74) is 0.883. The van der Waals surface area contributed by atoms with Gasteiger partial charge < -0.3 is 24.3 Å². The summed E-state index contributed by atoms with van der Waals surface area (Å²) in [7, 11) is 0. The number of ether oxygens (including phenoxy) is 1. The first-order valence-electron chi connectivity index (χ1n) is 9.50. The van der Waals surface area contributed by atoms with Gasteiger partial charge in [0.1, 0.15) is 5.75 Å². The smallest absolute Gasteiger partial charge is 0.289 e. The zero-order chi connectivity index (χ0) is 20.1. The number of aromatic nitrogens is 3. The van der Waals surface area contributed by atoms with Crippen molar-refractivity contribution in [2.75, 3.05) is 43.0 Å². The lowest BCUT2D eigenvalue weighted by Gasteiger charge is -2.34. The molecule has 1 aliphatic rings. The summed E-state index contributed by atoms with van der Waals surface area (Å²) in [6, 6.07) is 11.0. The SMILES string of the molecule is CCOc1ccc(Nc2cnnc(N3CCN(C(=O)c4ccco4)CC3)n2)cc1. The van der Waals surface area contributed by atoms with Crippen molar-refractivity contribution in [1.29, 1.82) is 0 Å². The first-order chi connectivity index (χ1) is 14.2. The lowest BCUT2D eigenvalue weighted by atomic mass is 10.3. The van der Waals surface area contributed by atoms with Gasteiger partial charge in [0.25, 0.3) is 5.91 Å². The van der Waals surface area contributed by atoms with Crippen LogP contribution in [-0.4, -0.2) is 58.8 Å². The molecule has 4 rings (SSSR count). The number of hydrogen-bond acceptors (Lipinski definition) is 8. The minimum Gasteiger partial charge on any atom is -0.494 e. The standard InChI is InChI=1S/C20H22N6O3/c1-2-28-16-7-5-15(6-8-16)22-18-14-21-24-20(23-18)26-11-9-25(10-12-26)19(27)17-4-3-13-29-17/h3-8,13-14H,2,9-12H2,1H3,(H,22,23,24). The van der Waals surface area contributed by atoms with Crippen LogP contribution in [0.15, 0.2) is 53.3 Å². The molecule has 0 unspecified atom stereocenters. The average Bonchev–Trinajstić information content (AvgIpc) is 3.30. The van der Waals surface area contributed by atoms with Crippen LogP contribution in [0.4, 0.5) is 17.5 Å². The Hall–Kier alpha value is -3.62. The molecule has 0 radical (unpaired) electrons. The minimum atomic E-state index is -0.0976. The van der Waals surface area contributed by atoms with Gasteiger partial charge in [0, 0.05) is 31.9 Å². The number of benzene rings is 1. The van der Waals surface area contributed by atoms with E-state index in [1.54, 1.807) is 23.2 Å². The Kier molecular flexibility index (Phi) is 5.55. The van der Waals surface area contributed by atoms with Crippen molar-refractivity contribution in [3.63, 3.8) is 0 Å². The Bertz CT molecular complexity index is 937. The maximum Gasteiger partial charge on any atom is 0.289 e. The highest BCUT2D eigenvalue weighted by Gasteiger charge is 2.25. The second kappa shape index (κ2) is 8.59. The number of carbonyl (C=O) groups excluding carboxylic acids is 1. The molecular formula is C20H22N6O3. The van der Waals surface area contributed by atoms with Gasteiger partial charge in [-0.2, -0.15) is 10.1 Å². The Labute approximate surface area is 168 Å². The van der Waals surface area contributed by atoms with Crippen molar-refractivity contribution in [2.45, 2.75) is 6.92 Å². The molecule has 1 fully saturated rings. The molecule has 150 valence electrons. The van der Waals surface area contributed by atoms with E-state index in [-0.39, 0.29) is 5.91 Å². The summed E-state index contributed by atoms with van der Waals surface area (Å²) in [5, 5.41) is 11.4. The number of anilines is 3. The molecule has 1 aromatic carbocycles. The largest absolute Gasteiger partial charge is 0.494 e. The molecular weight excluding hydrogens is 372 g/mol. The van der Waals surface area contributed by atoms with Gasteiger partial charge in [0.05, 0.1) is 19.1 Å². The van der Waals surface area contributed by atoms with E-state index in [4.69, 9.17) is 9.15 Å². The number of nitrogens with one attached hydrogen (secondary N) is 1. The normalized spacial score (nSPS) is 14.0. The Morgan fingerprint density at radius 1 is 1.17 bits per heavy atom. The molecule has 0 aliphatic carbocycles. The van der Waals surface area contributed by atoms with Gasteiger partial charge in [-0.15, -0.1) is 5.10 Å². The second-order valence-electron chi connectivity index (χ2n) is 6.48. The van der Waals surface area contributed by atoms with Crippen LogP contribution in [0.2, 0.25) is 0 Å². The summed E-state index contributed by atoms with van der Waals surface area (Å²) in [5.74, 6) is 2.22. The van der Waals surface area contributed by atoms with Gasteiger partial charge in [-0.05, 0) is 43.3 Å². The van der Waals surface area contributed by atoms with Crippen LogP contribution >= 0.6 is 0 Å². The number of amides is 1. The topological polar surface area (TPSA) is 96.6 Å². The first-order valence-corrected chi connectivity index (χ1v) is 9.50. The van der Waals surface area contributed by atoms with Crippen molar-refractivity contribution < 1.29 is 13.9 Å². The Balaban J connectivity index is 1.37. The van der Waals surface area contributed by atoms with Crippen molar-refractivity contribution in [3.8, 4) is 5.75 Å². The van der Waals surface area contributed by atoms with Gasteiger partial charge in [-0.1, -0.05) is 0 Å². The first kappa shape index (κ1) is 18.7. The lowest BCUT2D eigenvalue weighted by molar-refractivity contribution is 0.0714. The highest BCUT2D eigenvalue weighted by atomic mass is 16.5. The predicted octanol–water partition coefficient (Wildman–Crippen LogP) is 2.57. The number of hydrogen-bond donors (Lipinski definition) is 1. The molecule has 3 aromatic rings. The van der Waals surface area contributed by atoms with Gasteiger partial charge in [-0.3, -0.25) is 4.79 Å². The van der Waals surface area contributed by atoms with Crippen molar-refractivity contribution in [3.05, 3.63) is 54.6 Å². The third-order valence-electron chi connectivity index (χ3n) is 4.57. The lowest BCUT2D eigenvalue weighted by Crippen LogP contribution is -2.49. The summed E-state index contributed by atoms with van der Waals surface area (Å²) in [6.45, 7) is 4.97. The van der Waals surface area contributed by atoms with E-state index in [0.29, 0.717) is 50.3 Å². The second-order valence-corrected chi connectivity index (χ2v) is 6.48. The van der Waals surface area contributed by atoms with Crippen LogP contribution < -0.4 is 15.0 Å². The maximum atomic E-state index is 12.4. The molecule has 1 N–H and O–H groups in total. The molecule has 0 atom stereocenters. The molecule has 29 heavy (non-hydrogen) atoms. The van der Waals surface area contributed by atoms with Crippen LogP contribution in [0.5, 0.6) is 5.75 Å². The summed E-state index contributed by atoms with van der Waals surface area (Å²) < 4.78 is 10.6.